The second-order valence-electron chi connectivity index (χ2n) is 18.8. The minimum atomic E-state index is -0.872. The molecule has 0 bridgehead atoms. The van der Waals surface area contributed by atoms with Crippen LogP contribution in [-0.4, -0.2) is 80.6 Å². The lowest BCUT2D eigenvalue weighted by Gasteiger charge is -2.31. The molecule has 0 aliphatic heterocycles. The van der Waals surface area contributed by atoms with Gasteiger partial charge in [0.1, 0.15) is 6.61 Å². The number of esters is 2. The van der Waals surface area contributed by atoms with Crippen LogP contribution in [0.25, 0.3) is 0 Å². The molecule has 0 saturated heterocycles. The van der Waals surface area contributed by atoms with Gasteiger partial charge in [0.2, 0.25) is 0 Å². The highest BCUT2D eigenvalue weighted by molar-refractivity contribution is 5.72. The lowest BCUT2D eigenvalue weighted by Crippen LogP contribution is -2.50. The molecule has 8 nitrogen and oxygen atoms in total. The molecule has 2 atom stereocenters. The molecule has 0 amide bonds. The van der Waals surface area contributed by atoms with Gasteiger partial charge in [-0.3, -0.25) is 9.59 Å². The summed E-state index contributed by atoms with van der Waals surface area (Å²) in [6.45, 7) is 4.77. The molecule has 2 unspecified atom stereocenters. The largest absolute Gasteiger partial charge is 0.477 e. The third kappa shape index (κ3) is 41.4. The molecule has 0 aromatic rings. The van der Waals surface area contributed by atoms with Crippen LogP contribution in [0.4, 0.5) is 0 Å². The summed E-state index contributed by atoms with van der Waals surface area (Å²) in [5, 5.41) is 9.65. The molecule has 0 aliphatic carbocycles. The van der Waals surface area contributed by atoms with Gasteiger partial charge in [0.25, 0.3) is 0 Å². The van der Waals surface area contributed by atoms with Crippen LogP contribution in [0.1, 0.15) is 251 Å². The van der Waals surface area contributed by atoms with Crippen molar-refractivity contribution >= 4 is 17.9 Å². The molecule has 0 aromatic heterocycles. The van der Waals surface area contributed by atoms with Crippen molar-refractivity contribution in [2.24, 2.45) is 0 Å². The number of likely N-dealkylation sites (N-methyl/N-ethyl adjacent to an activating group) is 1. The predicted molar refractivity (Wildman–Crippen MR) is 252 cm³/mol. The molecule has 8 heteroatoms. The number of rotatable bonds is 47. The van der Waals surface area contributed by atoms with Crippen molar-refractivity contribution < 1.29 is 38.2 Å². The molecule has 1 N–H and O–H groups in total. The molecule has 0 aromatic carbocycles. The standard InChI is InChI=1S/C52H99NO7/c1-6-8-10-12-14-16-18-20-22-24-25-26-27-29-30-32-34-36-38-40-42-50(54)59-47-48(46-58-45-44-49(52(56)57)53(3,4)5)60-51(55)43-41-39-37-35-33-31-28-23-21-19-17-15-13-11-9-7-2/h23,28,48-49H,6-22,24-27,29-47H2,1-5H3/p+1/b28-23+. The van der Waals surface area contributed by atoms with E-state index in [1.165, 1.54) is 167 Å². The topological polar surface area (TPSA) is 99.1 Å². The number of nitrogens with zero attached hydrogens (tertiary/aromatic N) is 1. The second kappa shape index (κ2) is 43.7. The summed E-state index contributed by atoms with van der Waals surface area (Å²) >= 11 is 0. The first kappa shape index (κ1) is 58.1. The maximum Gasteiger partial charge on any atom is 0.362 e. The summed E-state index contributed by atoms with van der Waals surface area (Å²) < 4.78 is 17.4. The molecule has 60 heavy (non-hydrogen) atoms. The van der Waals surface area contributed by atoms with Gasteiger partial charge in [-0.15, -0.1) is 0 Å². The lowest BCUT2D eigenvalue weighted by molar-refractivity contribution is -0.887. The predicted octanol–water partition coefficient (Wildman–Crippen LogP) is 14.6. The average Bonchev–Trinajstić information content (AvgIpc) is 3.21. The van der Waals surface area contributed by atoms with Crippen molar-refractivity contribution in [2.45, 2.75) is 264 Å². The van der Waals surface area contributed by atoms with Crippen LogP contribution in [0, 0.1) is 0 Å². The van der Waals surface area contributed by atoms with E-state index in [1.807, 2.05) is 21.1 Å². The first-order chi connectivity index (χ1) is 29.1. The minimum Gasteiger partial charge on any atom is -0.477 e. The van der Waals surface area contributed by atoms with E-state index < -0.39 is 18.1 Å². The van der Waals surface area contributed by atoms with E-state index in [0.29, 0.717) is 19.3 Å². The van der Waals surface area contributed by atoms with E-state index in [0.717, 1.165) is 51.4 Å². The van der Waals surface area contributed by atoms with Crippen molar-refractivity contribution in [2.75, 3.05) is 41.0 Å². The Morgan fingerprint density at radius 1 is 0.483 bits per heavy atom. The minimum absolute atomic E-state index is 0.0477. The molecule has 0 heterocycles. The molecule has 0 spiro atoms. The van der Waals surface area contributed by atoms with Gasteiger partial charge in [-0.1, -0.05) is 206 Å². The van der Waals surface area contributed by atoms with E-state index in [-0.39, 0.29) is 36.2 Å². The van der Waals surface area contributed by atoms with Gasteiger partial charge in [-0.25, -0.2) is 4.79 Å². The van der Waals surface area contributed by atoms with Crippen LogP contribution in [0.5, 0.6) is 0 Å². The normalized spacial score (nSPS) is 12.9. The number of allylic oxidation sites excluding steroid dienone is 2. The van der Waals surface area contributed by atoms with Crippen molar-refractivity contribution in [3.05, 3.63) is 12.2 Å². The number of hydrogen-bond donors (Lipinski definition) is 1. The average molecular weight is 851 g/mol. The van der Waals surface area contributed by atoms with Gasteiger partial charge < -0.3 is 23.8 Å². The highest BCUT2D eigenvalue weighted by Gasteiger charge is 2.31. The van der Waals surface area contributed by atoms with Crippen LogP contribution in [-0.2, 0) is 28.6 Å². The zero-order valence-corrected chi connectivity index (χ0v) is 40.4. The maximum atomic E-state index is 12.8. The molecule has 0 rings (SSSR count). The van der Waals surface area contributed by atoms with Crippen molar-refractivity contribution in [1.29, 1.82) is 0 Å². The Morgan fingerprint density at radius 2 is 0.833 bits per heavy atom. The van der Waals surface area contributed by atoms with Crippen LogP contribution in [0.15, 0.2) is 12.2 Å². The number of hydrogen-bond acceptors (Lipinski definition) is 6. The molecule has 0 saturated carbocycles. The molecule has 354 valence electrons. The lowest BCUT2D eigenvalue weighted by atomic mass is 10.0. The van der Waals surface area contributed by atoms with Crippen LogP contribution in [0.3, 0.4) is 0 Å². The fourth-order valence-corrected chi connectivity index (χ4v) is 7.91. The first-order valence-electron chi connectivity index (χ1n) is 25.7. The van der Waals surface area contributed by atoms with Crippen molar-refractivity contribution in [3.8, 4) is 0 Å². The quantitative estimate of drug-likeness (QED) is 0.0282. The van der Waals surface area contributed by atoms with Gasteiger partial charge in [0, 0.05) is 19.3 Å². The van der Waals surface area contributed by atoms with Crippen LogP contribution < -0.4 is 0 Å². The number of aliphatic carboxylic acids is 1. The number of carbonyl (C=O) groups excluding carboxylic acids is 2. The third-order valence-electron chi connectivity index (χ3n) is 11.9. The zero-order valence-electron chi connectivity index (χ0n) is 40.4. The van der Waals surface area contributed by atoms with Gasteiger partial charge in [0.05, 0.1) is 34.4 Å². The van der Waals surface area contributed by atoms with Gasteiger partial charge in [-0.05, 0) is 38.5 Å². The Hall–Kier alpha value is -1.93. The molecular formula is C52H100NO7+. The fourth-order valence-electron chi connectivity index (χ4n) is 7.91. The molecule has 0 aliphatic rings. The Bertz CT molecular complexity index is 993. The van der Waals surface area contributed by atoms with Gasteiger partial charge >= 0.3 is 17.9 Å². The second-order valence-corrected chi connectivity index (χ2v) is 18.8. The number of carboxylic acid groups (broad SMARTS) is 1. The smallest absolute Gasteiger partial charge is 0.362 e. The van der Waals surface area contributed by atoms with E-state index >= 15 is 0 Å². The summed E-state index contributed by atoms with van der Waals surface area (Å²) in [4.78, 5) is 37.1. The summed E-state index contributed by atoms with van der Waals surface area (Å²) in [5.74, 6) is -1.46. The van der Waals surface area contributed by atoms with Crippen LogP contribution >= 0.6 is 0 Å². The monoisotopic (exact) mass is 851 g/mol. The van der Waals surface area contributed by atoms with E-state index in [9.17, 15) is 19.5 Å². The summed E-state index contributed by atoms with van der Waals surface area (Å²) in [7, 11) is 5.54. The van der Waals surface area contributed by atoms with E-state index in [4.69, 9.17) is 14.2 Å². The van der Waals surface area contributed by atoms with E-state index in [2.05, 4.69) is 26.0 Å². The highest BCUT2D eigenvalue weighted by atomic mass is 16.6. The molecule has 0 fully saturated rings. The molecular weight excluding hydrogens is 751 g/mol. The number of unbranched alkanes of at least 4 members (excludes halogenated alkanes) is 31. The van der Waals surface area contributed by atoms with Gasteiger partial charge in [0.15, 0.2) is 12.1 Å². The van der Waals surface area contributed by atoms with Crippen molar-refractivity contribution in [3.63, 3.8) is 0 Å². The number of carboxylic acids is 1. The fraction of sp³-hybridized carbons (Fsp3) is 0.904. The summed E-state index contributed by atoms with van der Waals surface area (Å²) in [5.41, 5.74) is 0. The van der Waals surface area contributed by atoms with E-state index in [1.54, 1.807) is 0 Å². The molecule has 0 radical (unpaired) electrons. The zero-order chi connectivity index (χ0) is 44.2. The highest BCUT2D eigenvalue weighted by Crippen LogP contribution is 2.16. The Labute approximate surface area is 371 Å². The van der Waals surface area contributed by atoms with Gasteiger partial charge in [-0.2, -0.15) is 0 Å². The summed E-state index contributed by atoms with van der Waals surface area (Å²) in [6, 6.07) is -0.612. The number of quaternary nitrogens is 1. The third-order valence-corrected chi connectivity index (χ3v) is 11.9. The Kier molecular flexibility index (Phi) is 42.3. The first-order valence-corrected chi connectivity index (χ1v) is 25.7. The SMILES string of the molecule is CCCCCCCCC/C=C/CCCCCCCC(=O)OC(COCCC(C(=O)O)[N+](C)(C)C)COC(=O)CCCCCCCCCCCCCCCCCCCCCC. The number of ether oxygens (including phenoxy) is 3. The van der Waals surface area contributed by atoms with Crippen LogP contribution in [0.2, 0.25) is 0 Å². The summed E-state index contributed by atoms with van der Waals surface area (Å²) in [6.07, 6.45) is 48.3. The van der Waals surface area contributed by atoms with Crippen molar-refractivity contribution in [1.82, 2.24) is 0 Å². The maximum absolute atomic E-state index is 12.8. The Balaban J connectivity index is 4.20. The number of carbonyl (C=O) groups is 3. The Morgan fingerprint density at radius 3 is 1.20 bits per heavy atom.